The molecule has 0 saturated carbocycles. The molecule has 166 valence electrons. The van der Waals surface area contributed by atoms with Crippen LogP contribution < -0.4 is 10.1 Å². The minimum absolute atomic E-state index is 0.201. The summed E-state index contributed by atoms with van der Waals surface area (Å²) < 4.78 is 14.9. The number of hydrogen-bond acceptors (Lipinski definition) is 3. The highest BCUT2D eigenvalue weighted by Gasteiger charge is 2.08. The number of hydrogen-bond donors (Lipinski definition) is 1. The summed E-state index contributed by atoms with van der Waals surface area (Å²) in [6, 6.07) is 20.6. The lowest BCUT2D eigenvalue weighted by Crippen LogP contribution is -2.22. The first-order valence-corrected chi connectivity index (χ1v) is 11.3. The predicted octanol–water partition coefficient (Wildman–Crippen LogP) is 4.72. The van der Waals surface area contributed by atoms with Gasteiger partial charge in [-0.05, 0) is 54.4 Å². The lowest BCUT2D eigenvalue weighted by atomic mass is 10.1. The van der Waals surface area contributed by atoms with Gasteiger partial charge in [0.05, 0.1) is 0 Å². The Hall–Kier alpha value is -3.84. The van der Waals surface area contributed by atoms with E-state index in [4.69, 9.17) is 0 Å². The van der Waals surface area contributed by atoms with E-state index in [-0.39, 0.29) is 17.6 Å². The van der Waals surface area contributed by atoms with E-state index in [1.54, 1.807) is 36.4 Å². The molecule has 0 unspecified atom stereocenters. The average Bonchev–Trinajstić information content (AvgIpc) is 3.25. The monoisotopic (exact) mass is 459 g/mol. The lowest BCUT2D eigenvalue weighted by Gasteiger charge is -2.07. The van der Waals surface area contributed by atoms with Gasteiger partial charge in [-0.15, -0.1) is 11.3 Å². The van der Waals surface area contributed by atoms with Crippen molar-refractivity contribution in [1.29, 1.82) is 0 Å². The maximum absolute atomic E-state index is 13.0. The van der Waals surface area contributed by atoms with Crippen LogP contribution in [-0.2, 0) is 13.1 Å². The van der Waals surface area contributed by atoms with Crippen molar-refractivity contribution in [2.24, 2.45) is 4.99 Å². The topological polar surface area (TPSA) is 63.5 Å². The van der Waals surface area contributed by atoms with Gasteiger partial charge < -0.3 is 9.88 Å². The van der Waals surface area contributed by atoms with E-state index in [0.29, 0.717) is 29.0 Å². The largest absolute Gasteiger partial charge is 0.348 e. The Morgan fingerprint density at radius 2 is 1.55 bits per heavy atom. The summed E-state index contributed by atoms with van der Waals surface area (Å²) in [6.07, 6.45) is 1.88. The molecular weight excluding hydrogens is 437 g/mol. The van der Waals surface area contributed by atoms with E-state index in [2.05, 4.69) is 10.3 Å². The van der Waals surface area contributed by atoms with Crippen LogP contribution in [0.2, 0.25) is 0 Å². The summed E-state index contributed by atoms with van der Waals surface area (Å²) in [5.74, 6) is -0.785. The van der Waals surface area contributed by atoms with Crippen molar-refractivity contribution in [3.63, 3.8) is 0 Å². The van der Waals surface area contributed by atoms with Gasteiger partial charge in [-0.25, -0.2) is 4.39 Å². The van der Waals surface area contributed by atoms with Gasteiger partial charge in [0.25, 0.3) is 11.8 Å². The Morgan fingerprint density at radius 1 is 0.909 bits per heavy atom. The minimum Gasteiger partial charge on any atom is -0.348 e. The zero-order valence-corrected chi connectivity index (χ0v) is 18.8. The van der Waals surface area contributed by atoms with Gasteiger partial charge in [0.1, 0.15) is 5.82 Å². The number of aromatic nitrogens is 1. The van der Waals surface area contributed by atoms with Crippen LogP contribution in [0.15, 0.2) is 89.4 Å². The maximum atomic E-state index is 13.0. The highest BCUT2D eigenvalue weighted by Crippen LogP contribution is 2.09. The molecule has 0 aliphatic rings. The SMILES string of the molecule is Cc1ccc(C(=O)N=c2sccn2Cc2ccc(C(=O)NCc3ccc(F)cc3)cc2)cc1. The third kappa shape index (κ3) is 5.90. The summed E-state index contributed by atoms with van der Waals surface area (Å²) in [5, 5.41) is 4.72. The molecule has 1 N–H and O–H groups in total. The molecule has 0 atom stereocenters. The molecular formula is C26H22FN3O2S. The second-order valence-electron chi connectivity index (χ2n) is 7.60. The fourth-order valence-corrected chi connectivity index (χ4v) is 3.93. The van der Waals surface area contributed by atoms with Crippen LogP contribution in [0.25, 0.3) is 0 Å². The van der Waals surface area contributed by atoms with Gasteiger partial charge in [0, 0.05) is 35.8 Å². The zero-order chi connectivity index (χ0) is 23.2. The maximum Gasteiger partial charge on any atom is 0.279 e. The Balaban J connectivity index is 1.41. The molecule has 0 fully saturated rings. The standard InChI is InChI=1S/C26H22FN3O2S/c1-18-2-8-22(9-3-18)25(32)29-26-30(14-15-33-26)17-20-4-10-21(11-5-20)24(31)28-16-19-6-12-23(27)13-7-19/h2-15H,16-17H2,1H3,(H,28,31). The van der Waals surface area contributed by atoms with Gasteiger partial charge in [0.15, 0.2) is 4.80 Å². The third-order valence-electron chi connectivity index (χ3n) is 5.09. The molecule has 0 spiro atoms. The molecule has 1 heterocycles. The Bertz CT molecular complexity index is 1320. The number of carbonyl (C=O) groups is 2. The van der Waals surface area contributed by atoms with E-state index in [9.17, 15) is 14.0 Å². The van der Waals surface area contributed by atoms with Gasteiger partial charge in [-0.1, -0.05) is 42.0 Å². The van der Waals surface area contributed by atoms with Crippen LogP contribution in [-0.4, -0.2) is 16.4 Å². The van der Waals surface area contributed by atoms with Gasteiger partial charge in [0.2, 0.25) is 0 Å². The van der Waals surface area contributed by atoms with Crippen molar-refractivity contribution in [1.82, 2.24) is 9.88 Å². The third-order valence-corrected chi connectivity index (χ3v) is 5.89. The molecule has 4 aromatic rings. The Morgan fingerprint density at radius 3 is 2.24 bits per heavy atom. The van der Waals surface area contributed by atoms with Gasteiger partial charge in [-0.3, -0.25) is 9.59 Å². The molecule has 0 bridgehead atoms. The first-order valence-electron chi connectivity index (χ1n) is 10.4. The molecule has 0 aliphatic carbocycles. The number of halogens is 1. The minimum atomic E-state index is -0.306. The number of carbonyl (C=O) groups excluding carboxylic acids is 2. The van der Waals surface area contributed by atoms with E-state index in [0.717, 1.165) is 16.7 Å². The van der Waals surface area contributed by atoms with Crippen molar-refractivity contribution in [3.8, 4) is 0 Å². The highest BCUT2D eigenvalue weighted by atomic mass is 32.1. The number of aryl methyl sites for hydroxylation is 1. The van der Waals surface area contributed by atoms with Crippen LogP contribution in [0.4, 0.5) is 4.39 Å². The zero-order valence-electron chi connectivity index (χ0n) is 18.0. The summed E-state index contributed by atoms with van der Waals surface area (Å²) in [6.45, 7) is 2.82. The molecule has 7 heteroatoms. The van der Waals surface area contributed by atoms with E-state index in [1.807, 2.05) is 47.3 Å². The van der Waals surface area contributed by atoms with E-state index in [1.165, 1.54) is 23.5 Å². The second kappa shape index (κ2) is 10.2. The molecule has 0 saturated heterocycles. The average molecular weight is 460 g/mol. The number of nitrogens with one attached hydrogen (secondary N) is 1. The number of rotatable bonds is 6. The normalized spacial score (nSPS) is 11.4. The van der Waals surface area contributed by atoms with Crippen molar-refractivity contribution in [3.05, 3.63) is 123 Å². The summed E-state index contributed by atoms with van der Waals surface area (Å²) in [4.78, 5) is 29.8. The smallest absolute Gasteiger partial charge is 0.279 e. The van der Waals surface area contributed by atoms with E-state index >= 15 is 0 Å². The van der Waals surface area contributed by atoms with Crippen molar-refractivity contribution in [2.75, 3.05) is 0 Å². The van der Waals surface area contributed by atoms with Gasteiger partial charge in [-0.2, -0.15) is 4.99 Å². The lowest BCUT2D eigenvalue weighted by molar-refractivity contribution is 0.0949. The number of thiazole rings is 1. The molecule has 2 amide bonds. The fourth-order valence-electron chi connectivity index (χ4n) is 3.20. The predicted molar refractivity (Wildman–Crippen MR) is 126 cm³/mol. The van der Waals surface area contributed by atoms with Crippen LogP contribution >= 0.6 is 11.3 Å². The van der Waals surface area contributed by atoms with Gasteiger partial charge >= 0.3 is 0 Å². The summed E-state index contributed by atoms with van der Waals surface area (Å²) in [7, 11) is 0. The van der Waals surface area contributed by atoms with Crippen molar-refractivity contribution in [2.45, 2.75) is 20.0 Å². The first kappa shape index (κ1) is 22.4. The number of nitrogens with zero attached hydrogens (tertiary/aromatic N) is 2. The number of benzene rings is 3. The fraction of sp³-hybridized carbons (Fsp3) is 0.115. The first-order chi connectivity index (χ1) is 16.0. The number of amides is 2. The Labute approximate surface area is 194 Å². The molecule has 33 heavy (non-hydrogen) atoms. The quantitative estimate of drug-likeness (QED) is 0.454. The molecule has 5 nitrogen and oxygen atoms in total. The summed E-state index contributed by atoms with van der Waals surface area (Å²) in [5.41, 5.74) is 3.98. The highest BCUT2D eigenvalue weighted by molar-refractivity contribution is 7.07. The van der Waals surface area contributed by atoms with Crippen LogP contribution in [0, 0.1) is 12.7 Å². The Kier molecular flexibility index (Phi) is 6.90. The van der Waals surface area contributed by atoms with Crippen molar-refractivity contribution < 1.29 is 14.0 Å². The molecule has 3 aromatic carbocycles. The molecule has 1 aromatic heterocycles. The van der Waals surface area contributed by atoms with E-state index < -0.39 is 0 Å². The van der Waals surface area contributed by atoms with Crippen LogP contribution in [0.3, 0.4) is 0 Å². The molecule has 4 rings (SSSR count). The van der Waals surface area contributed by atoms with Crippen LogP contribution in [0.5, 0.6) is 0 Å². The van der Waals surface area contributed by atoms with Crippen molar-refractivity contribution >= 4 is 23.2 Å². The molecule has 0 radical (unpaired) electrons. The van der Waals surface area contributed by atoms with Crippen LogP contribution in [0.1, 0.15) is 37.4 Å². The summed E-state index contributed by atoms with van der Waals surface area (Å²) >= 11 is 1.40. The second-order valence-corrected chi connectivity index (χ2v) is 8.48. The molecule has 0 aliphatic heterocycles.